The van der Waals surface area contributed by atoms with Crippen LogP contribution >= 0.6 is 0 Å². The van der Waals surface area contributed by atoms with Crippen LogP contribution < -0.4 is 5.32 Å². The van der Waals surface area contributed by atoms with Crippen LogP contribution in [0.5, 0.6) is 0 Å². The second kappa shape index (κ2) is 6.40. The average Bonchev–Trinajstić information content (AvgIpc) is 3.05. The second-order valence-corrected chi connectivity index (χ2v) is 6.27. The van der Waals surface area contributed by atoms with Crippen LogP contribution in [-0.2, 0) is 20.9 Å². The van der Waals surface area contributed by atoms with Crippen LogP contribution in [0, 0.1) is 5.92 Å². The summed E-state index contributed by atoms with van der Waals surface area (Å²) < 4.78 is 0. The molecule has 2 saturated heterocycles. The van der Waals surface area contributed by atoms with Crippen molar-refractivity contribution in [1.82, 2.24) is 15.1 Å². The van der Waals surface area contributed by atoms with E-state index in [1.165, 1.54) is 0 Å². The third-order valence-corrected chi connectivity index (χ3v) is 4.54. The predicted octanol–water partition coefficient (Wildman–Crippen LogP) is 0.382. The molecule has 2 fully saturated rings. The van der Waals surface area contributed by atoms with Crippen molar-refractivity contribution >= 4 is 17.7 Å². The van der Waals surface area contributed by atoms with Crippen molar-refractivity contribution < 1.29 is 14.4 Å². The van der Waals surface area contributed by atoms with Crippen molar-refractivity contribution in [3.05, 3.63) is 35.9 Å². The molecule has 1 aromatic carbocycles. The SMILES string of the molecule is CN1C[C@@H](C(=O)N[C@@H]2CCN(Cc3ccccc3)C2=O)CC1=O. The molecule has 1 aromatic rings. The Balaban J connectivity index is 1.55. The average molecular weight is 315 g/mol. The molecular formula is C17H21N3O3. The molecule has 6 nitrogen and oxygen atoms in total. The van der Waals surface area contributed by atoms with E-state index in [0.29, 0.717) is 26.1 Å². The van der Waals surface area contributed by atoms with Crippen molar-refractivity contribution in [2.24, 2.45) is 5.92 Å². The molecule has 122 valence electrons. The van der Waals surface area contributed by atoms with Gasteiger partial charge in [0.1, 0.15) is 6.04 Å². The van der Waals surface area contributed by atoms with Gasteiger partial charge in [0, 0.05) is 33.1 Å². The summed E-state index contributed by atoms with van der Waals surface area (Å²) >= 11 is 0. The summed E-state index contributed by atoms with van der Waals surface area (Å²) in [6.07, 6.45) is 0.852. The predicted molar refractivity (Wildman–Crippen MR) is 84.2 cm³/mol. The molecule has 0 spiro atoms. The van der Waals surface area contributed by atoms with Gasteiger partial charge in [-0.25, -0.2) is 0 Å². The van der Waals surface area contributed by atoms with Gasteiger partial charge in [-0.2, -0.15) is 0 Å². The van der Waals surface area contributed by atoms with Gasteiger partial charge >= 0.3 is 0 Å². The van der Waals surface area contributed by atoms with Crippen LogP contribution in [0.15, 0.2) is 30.3 Å². The summed E-state index contributed by atoms with van der Waals surface area (Å²) in [7, 11) is 1.69. The zero-order valence-corrected chi connectivity index (χ0v) is 13.2. The first-order valence-electron chi connectivity index (χ1n) is 7.91. The van der Waals surface area contributed by atoms with E-state index in [4.69, 9.17) is 0 Å². The Kier molecular flexibility index (Phi) is 4.32. The lowest BCUT2D eigenvalue weighted by Crippen LogP contribution is -2.44. The standard InChI is InChI=1S/C17H21N3O3/c1-19-11-13(9-15(19)21)16(22)18-14-7-8-20(17(14)23)10-12-5-3-2-4-6-12/h2-6,13-14H,7-11H2,1H3,(H,18,22)/t13-,14+/m0/s1. The maximum atomic E-state index is 12.4. The Labute approximate surface area is 135 Å². The minimum absolute atomic E-state index is 0.0198. The van der Waals surface area contributed by atoms with Crippen LogP contribution in [0.3, 0.4) is 0 Å². The second-order valence-electron chi connectivity index (χ2n) is 6.27. The molecule has 0 saturated carbocycles. The molecule has 0 aromatic heterocycles. The molecule has 0 unspecified atom stereocenters. The summed E-state index contributed by atoms with van der Waals surface area (Å²) in [6.45, 7) is 1.64. The molecule has 2 atom stereocenters. The van der Waals surface area contributed by atoms with E-state index < -0.39 is 6.04 Å². The molecule has 0 radical (unpaired) electrons. The summed E-state index contributed by atoms with van der Waals surface area (Å²) in [5.41, 5.74) is 1.08. The monoisotopic (exact) mass is 315 g/mol. The fraction of sp³-hybridized carbons (Fsp3) is 0.471. The zero-order valence-electron chi connectivity index (χ0n) is 13.2. The number of nitrogens with one attached hydrogen (secondary N) is 1. The van der Waals surface area contributed by atoms with Gasteiger partial charge in [0.15, 0.2) is 0 Å². The highest BCUT2D eigenvalue weighted by atomic mass is 16.2. The van der Waals surface area contributed by atoms with Crippen molar-refractivity contribution in [2.45, 2.75) is 25.4 Å². The fourth-order valence-corrected chi connectivity index (χ4v) is 3.16. The molecule has 3 rings (SSSR count). The highest BCUT2D eigenvalue weighted by molar-refractivity contribution is 5.93. The van der Waals surface area contributed by atoms with E-state index in [1.54, 1.807) is 16.8 Å². The molecule has 1 N–H and O–H groups in total. The van der Waals surface area contributed by atoms with Gasteiger partial charge < -0.3 is 15.1 Å². The van der Waals surface area contributed by atoms with Crippen molar-refractivity contribution in [3.63, 3.8) is 0 Å². The van der Waals surface area contributed by atoms with E-state index in [9.17, 15) is 14.4 Å². The molecule has 23 heavy (non-hydrogen) atoms. The minimum atomic E-state index is -0.466. The Bertz CT molecular complexity index is 617. The lowest BCUT2D eigenvalue weighted by molar-refractivity contribution is -0.134. The molecule has 6 heteroatoms. The number of rotatable bonds is 4. The maximum Gasteiger partial charge on any atom is 0.245 e. The van der Waals surface area contributed by atoms with Crippen LogP contribution in [0.2, 0.25) is 0 Å². The minimum Gasteiger partial charge on any atom is -0.345 e. The summed E-state index contributed by atoms with van der Waals surface area (Å²) in [6, 6.07) is 9.34. The number of carbonyl (C=O) groups excluding carboxylic acids is 3. The van der Waals surface area contributed by atoms with E-state index >= 15 is 0 Å². The smallest absolute Gasteiger partial charge is 0.245 e. The topological polar surface area (TPSA) is 69.7 Å². The Morgan fingerprint density at radius 2 is 2.00 bits per heavy atom. The first-order valence-corrected chi connectivity index (χ1v) is 7.91. The summed E-state index contributed by atoms with van der Waals surface area (Å²) in [5.74, 6) is -0.598. The molecule has 0 aliphatic carbocycles. The van der Waals surface area contributed by atoms with Gasteiger partial charge in [-0.05, 0) is 12.0 Å². The number of hydrogen-bond acceptors (Lipinski definition) is 3. The third-order valence-electron chi connectivity index (χ3n) is 4.54. The van der Waals surface area contributed by atoms with Crippen molar-refractivity contribution in [3.8, 4) is 0 Å². The summed E-state index contributed by atoms with van der Waals surface area (Å²) in [5, 5.41) is 2.82. The summed E-state index contributed by atoms with van der Waals surface area (Å²) in [4.78, 5) is 39.5. The molecular weight excluding hydrogens is 294 g/mol. The largest absolute Gasteiger partial charge is 0.345 e. The maximum absolute atomic E-state index is 12.4. The highest BCUT2D eigenvalue weighted by Gasteiger charge is 2.37. The van der Waals surface area contributed by atoms with E-state index in [0.717, 1.165) is 5.56 Å². The van der Waals surface area contributed by atoms with Crippen molar-refractivity contribution in [2.75, 3.05) is 20.1 Å². The van der Waals surface area contributed by atoms with E-state index in [-0.39, 0.29) is 30.1 Å². The lowest BCUT2D eigenvalue weighted by Gasteiger charge is -2.18. The number of likely N-dealkylation sites (tertiary alicyclic amines) is 2. The molecule has 2 aliphatic heterocycles. The van der Waals surface area contributed by atoms with Crippen LogP contribution in [-0.4, -0.2) is 53.7 Å². The quantitative estimate of drug-likeness (QED) is 0.873. The van der Waals surface area contributed by atoms with Gasteiger partial charge in [-0.3, -0.25) is 14.4 Å². The first kappa shape index (κ1) is 15.5. The van der Waals surface area contributed by atoms with Gasteiger partial charge in [-0.15, -0.1) is 0 Å². The van der Waals surface area contributed by atoms with Crippen LogP contribution in [0.1, 0.15) is 18.4 Å². The number of benzene rings is 1. The Morgan fingerprint density at radius 3 is 2.65 bits per heavy atom. The van der Waals surface area contributed by atoms with E-state index in [2.05, 4.69) is 5.32 Å². The van der Waals surface area contributed by atoms with Gasteiger partial charge in [-0.1, -0.05) is 30.3 Å². The Hall–Kier alpha value is -2.37. The number of amides is 3. The zero-order chi connectivity index (χ0) is 16.4. The van der Waals surface area contributed by atoms with Gasteiger partial charge in [0.05, 0.1) is 5.92 Å². The lowest BCUT2D eigenvalue weighted by atomic mass is 10.1. The van der Waals surface area contributed by atoms with Gasteiger partial charge in [0.2, 0.25) is 17.7 Å². The Morgan fingerprint density at radius 1 is 1.26 bits per heavy atom. The number of nitrogens with zero attached hydrogens (tertiary/aromatic N) is 2. The number of carbonyl (C=O) groups is 3. The molecule has 2 heterocycles. The van der Waals surface area contributed by atoms with E-state index in [1.807, 2.05) is 30.3 Å². The normalized spacial score (nSPS) is 24.4. The van der Waals surface area contributed by atoms with Crippen LogP contribution in [0.25, 0.3) is 0 Å². The fourth-order valence-electron chi connectivity index (χ4n) is 3.16. The first-order chi connectivity index (χ1) is 11.0. The highest BCUT2D eigenvalue weighted by Crippen LogP contribution is 2.19. The van der Waals surface area contributed by atoms with Gasteiger partial charge in [0.25, 0.3) is 0 Å². The van der Waals surface area contributed by atoms with Crippen LogP contribution in [0.4, 0.5) is 0 Å². The van der Waals surface area contributed by atoms with Crippen molar-refractivity contribution in [1.29, 1.82) is 0 Å². The molecule has 0 bridgehead atoms. The third kappa shape index (κ3) is 3.36. The molecule has 2 aliphatic rings. The number of hydrogen-bond donors (Lipinski definition) is 1. The molecule has 3 amide bonds.